The molecule has 0 heterocycles. The van der Waals surface area contributed by atoms with Crippen molar-refractivity contribution in [2.75, 3.05) is 0 Å². The maximum atomic E-state index is 10.7. The predicted octanol–water partition coefficient (Wildman–Crippen LogP) is 4.55. The predicted molar refractivity (Wildman–Crippen MR) is 78.9 cm³/mol. The van der Waals surface area contributed by atoms with Crippen LogP contribution in [0.1, 0.15) is 43.2 Å². The maximum Gasteiger partial charge on any atom is 0.128 e. The number of hydrogen-bond acceptors (Lipinski definition) is 2. The van der Waals surface area contributed by atoms with Crippen LogP contribution in [0.3, 0.4) is 0 Å². The summed E-state index contributed by atoms with van der Waals surface area (Å²) < 4.78 is 0.841. The summed E-state index contributed by atoms with van der Waals surface area (Å²) >= 11 is 3.49. The van der Waals surface area contributed by atoms with Gasteiger partial charge in [0, 0.05) is 26.4 Å². The van der Waals surface area contributed by atoms with Crippen LogP contribution in [-0.4, -0.2) is 10.2 Å². The first-order valence-electron chi connectivity index (χ1n) is 6.69. The van der Waals surface area contributed by atoms with Crippen molar-refractivity contribution in [1.29, 1.82) is 0 Å². The molecule has 0 aromatic heterocycles. The Morgan fingerprint density at radius 1 is 1.26 bits per heavy atom. The first-order valence-corrected chi connectivity index (χ1v) is 7.49. The van der Waals surface area contributed by atoms with Crippen molar-refractivity contribution < 1.29 is 10.2 Å². The molecule has 2 nitrogen and oxygen atoms in total. The van der Waals surface area contributed by atoms with Crippen molar-refractivity contribution in [3.05, 3.63) is 33.8 Å². The molecular weight excluding hydrogens is 304 g/mol. The highest BCUT2D eigenvalue weighted by atomic mass is 79.9. The van der Waals surface area contributed by atoms with E-state index in [1.165, 1.54) is 0 Å². The van der Waals surface area contributed by atoms with Gasteiger partial charge in [0.15, 0.2) is 0 Å². The maximum absolute atomic E-state index is 10.7. The second kappa shape index (κ2) is 3.45. The normalized spacial score (nSPS) is 28.0. The van der Waals surface area contributed by atoms with Gasteiger partial charge in [-0.05, 0) is 36.7 Å². The molecule has 0 amide bonds. The minimum Gasteiger partial charge on any atom is -0.507 e. The van der Waals surface area contributed by atoms with E-state index in [0.717, 1.165) is 45.6 Å². The van der Waals surface area contributed by atoms with E-state index in [9.17, 15) is 10.2 Å². The Labute approximate surface area is 120 Å². The molecule has 2 unspecified atom stereocenters. The van der Waals surface area contributed by atoms with Gasteiger partial charge in [-0.2, -0.15) is 0 Å². The molecule has 1 fully saturated rings. The van der Waals surface area contributed by atoms with E-state index in [1.54, 1.807) is 0 Å². The summed E-state index contributed by atoms with van der Waals surface area (Å²) in [6, 6.07) is 5.68. The molecule has 98 valence electrons. The second-order valence-electron chi connectivity index (χ2n) is 6.15. The lowest BCUT2D eigenvalue weighted by Crippen LogP contribution is -2.16. The van der Waals surface area contributed by atoms with E-state index in [4.69, 9.17) is 0 Å². The van der Waals surface area contributed by atoms with Gasteiger partial charge in [0.05, 0.1) is 0 Å². The SMILES string of the molecule is CC12CCC(C1)c1c2c(O)c2cccc(Br)c2c1O. The molecule has 0 aliphatic heterocycles. The number of phenols is 2. The van der Waals surface area contributed by atoms with E-state index in [-0.39, 0.29) is 5.41 Å². The van der Waals surface area contributed by atoms with Crippen molar-refractivity contribution in [3.63, 3.8) is 0 Å². The molecule has 1 saturated carbocycles. The molecular formula is C16H15BrO2. The van der Waals surface area contributed by atoms with Gasteiger partial charge in [0.25, 0.3) is 0 Å². The van der Waals surface area contributed by atoms with Crippen LogP contribution >= 0.6 is 15.9 Å². The van der Waals surface area contributed by atoms with Gasteiger partial charge < -0.3 is 10.2 Å². The van der Waals surface area contributed by atoms with E-state index in [2.05, 4.69) is 22.9 Å². The summed E-state index contributed by atoms with van der Waals surface area (Å²) in [4.78, 5) is 0. The largest absolute Gasteiger partial charge is 0.507 e. The van der Waals surface area contributed by atoms with Gasteiger partial charge in [-0.25, -0.2) is 0 Å². The minimum absolute atomic E-state index is 0.0398. The van der Waals surface area contributed by atoms with Crippen molar-refractivity contribution in [3.8, 4) is 11.5 Å². The van der Waals surface area contributed by atoms with E-state index >= 15 is 0 Å². The fourth-order valence-electron chi connectivity index (χ4n) is 4.20. The molecule has 0 spiro atoms. The molecule has 2 N–H and O–H groups in total. The molecule has 2 aliphatic rings. The van der Waals surface area contributed by atoms with E-state index < -0.39 is 0 Å². The molecule has 19 heavy (non-hydrogen) atoms. The Bertz CT molecular complexity index is 722. The number of aromatic hydroxyl groups is 2. The van der Waals surface area contributed by atoms with Gasteiger partial charge in [-0.1, -0.05) is 35.0 Å². The lowest BCUT2D eigenvalue weighted by Gasteiger charge is -2.27. The van der Waals surface area contributed by atoms with Crippen molar-refractivity contribution in [1.82, 2.24) is 0 Å². The standard InChI is InChI=1S/C16H15BrO2/c1-16-6-5-8(7-16)11-13(16)14(18)9-3-2-4-10(17)12(9)15(11)19/h2-4,8,18-19H,5-7H2,1H3. The molecule has 2 aromatic carbocycles. The van der Waals surface area contributed by atoms with Crippen LogP contribution in [0.15, 0.2) is 22.7 Å². The van der Waals surface area contributed by atoms with Crippen LogP contribution in [0, 0.1) is 0 Å². The summed E-state index contributed by atoms with van der Waals surface area (Å²) in [5.74, 6) is 1.14. The Morgan fingerprint density at radius 3 is 2.84 bits per heavy atom. The number of halogens is 1. The number of hydrogen-bond donors (Lipinski definition) is 2. The summed E-state index contributed by atoms with van der Waals surface area (Å²) in [5, 5.41) is 22.8. The quantitative estimate of drug-likeness (QED) is 0.699. The zero-order valence-corrected chi connectivity index (χ0v) is 12.3. The average molecular weight is 319 g/mol. The number of rotatable bonds is 0. The zero-order valence-electron chi connectivity index (χ0n) is 10.7. The number of fused-ring (bicyclic) bond motifs is 6. The Morgan fingerprint density at radius 2 is 2.05 bits per heavy atom. The molecule has 2 aromatic rings. The van der Waals surface area contributed by atoms with Crippen molar-refractivity contribution >= 4 is 26.7 Å². The van der Waals surface area contributed by atoms with Crippen LogP contribution in [0.4, 0.5) is 0 Å². The molecule has 3 heteroatoms. The monoisotopic (exact) mass is 318 g/mol. The number of phenolic OH excluding ortho intramolecular Hbond substituents is 2. The highest BCUT2D eigenvalue weighted by Crippen LogP contribution is 2.63. The van der Waals surface area contributed by atoms with Crippen LogP contribution in [0.25, 0.3) is 10.8 Å². The van der Waals surface area contributed by atoms with Gasteiger partial charge >= 0.3 is 0 Å². The van der Waals surface area contributed by atoms with Gasteiger partial charge in [0.2, 0.25) is 0 Å². The molecule has 2 atom stereocenters. The fourth-order valence-corrected chi connectivity index (χ4v) is 4.75. The Hall–Kier alpha value is -1.22. The molecule has 0 saturated heterocycles. The van der Waals surface area contributed by atoms with Crippen LogP contribution in [0.2, 0.25) is 0 Å². The third-order valence-corrected chi connectivity index (χ3v) is 5.68. The molecule has 0 radical (unpaired) electrons. The molecule has 2 bridgehead atoms. The zero-order chi connectivity index (χ0) is 13.4. The van der Waals surface area contributed by atoms with Gasteiger partial charge in [-0.3, -0.25) is 0 Å². The van der Waals surface area contributed by atoms with Gasteiger partial charge in [0.1, 0.15) is 11.5 Å². The van der Waals surface area contributed by atoms with Gasteiger partial charge in [-0.15, -0.1) is 0 Å². The highest BCUT2D eigenvalue weighted by Gasteiger charge is 2.49. The summed E-state index contributed by atoms with van der Waals surface area (Å²) in [7, 11) is 0. The lowest BCUT2D eigenvalue weighted by molar-refractivity contribution is 0.427. The van der Waals surface area contributed by atoms with Crippen molar-refractivity contribution in [2.24, 2.45) is 0 Å². The first kappa shape index (κ1) is 11.6. The Kier molecular flexibility index (Phi) is 2.11. The third kappa shape index (κ3) is 1.27. The van der Waals surface area contributed by atoms with E-state index in [0.29, 0.717) is 17.4 Å². The average Bonchev–Trinajstić information content (AvgIpc) is 2.89. The summed E-state index contributed by atoms with van der Waals surface area (Å²) in [6.07, 6.45) is 3.28. The smallest absolute Gasteiger partial charge is 0.128 e. The van der Waals surface area contributed by atoms with Crippen LogP contribution in [-0.2, 0) is 5.41 Å². The highest BCUT2D eigenvalue weighted by molar-refractivity contribution is 9.10. The minimum atomic E-state index is 0.0398. The lowest BCUT2D eigenvalue weighted by atomic mass is 9.79. The van der Waals surface area contributed by atoms with Crippen molar-refractivity contribution in [2.45, 2.75) is 37.5 Å². The summed E-state index contributed by atoms with van der Waals surface area (Å²) in [6.45, 7) is 2.21. The van der Waals surface area contributed by atoms with Crippen LogP contribution in [0.5, 0.6) is 11.5 Å². The van der Waals surface area contributed by atoms with Crippen LogP contribution < -0.4 is 0 Å². The summed E-state index contributed by atoms with van der Waals surface area (Å²) in [5.41, 5.74) is 2.02. The van der Waals surface area contributed by atoms with E-state index in [1.807, 2.05) is 18.2 Å². The third-order valence-electron chi connectivity index (χ3n) is 5.02. The topological polar surface area (TPSA) is 40.5 Å². The Balaban J connectivity index is 2.22. The second-order valence-corrected chi connectivity index (χ2v) is 7.00. The molecule has 4 rings (SSSR count). The fraction of sp³-hybridized carbons (Fsp3) is 0.375. The molecule has 2 aliphatic carbocycles. The first-order chi connectivity index (χ1) is 9.03. The number of benzene rings is 2.